The number of benzene rings is 2. The first-order valence-corrected chi connectivity index (χ1v) is 8.22. The van der Waals surface area contributed by atoms with E-state index >= 15 is 0 Å². The second-order valence-corrected chi connectivity index (χ2v) is 7.31. The third-order valence-electron chi connectivity index (χ3n) is 3.11. The van der Waals surface area contributed by atoms with Crippen LogP contribution >= 0.6 is 34.8 Å². The van der Waals surface area contributed by atoms with Gasteiger partial charge >= 0.3 is 0 Å². The molecule has 0 saturated carbocycles. The largest absolute Gasteiger partial charge is 0.497 e. The summed E-state index contributed by atoms with van der Waals surface area (Å²) in [6.45, 7) is 0. The average Bonchev–Trinajstić information content (AvgIpc) is 2.55. The van der Waals surface area contributed by atoms with Crippen molar-refractivity contribution in [2.75, 3.05) is 7.11 Å². The molecule has 0 aromatic heterocycles. The van der Waals surface area contributed by atoms with E-state index in [4.69, 9.17) is 44.3 Å². The molecule has 24 heavy (non-hydrogen) atoms. The molecule has 2 rings (SSSR count). The number of carbonyl (C=O) groups excluding carboxylic acids is 1. The van der Waals surface area contributed by atoms with Crippen LogP contribution in [-0.2, 0) is 11.2 Å². The van der Waals surface area contributed by atoms with Gasteiger partial charge in [0.15, 0.2) is 0 Å². The van der Waals surface area contributed by atoms with Gasteiger partial charge in [0.05, 0.1) is 13.5 Å². The highest BCUT2D eigenvalue weighted by atomic mass is 35.6. The number of ether oxygens (including phenoxy) is 2. The van der Waals surface area contributed by atoms with Crippen molar-refractivity contribution in [2.45, 2.75) is 16.4 Å². The molecule has 1 unspecified atom stereocenters. The highest BCUT2D eigenvalue weighted by Crippen LogP contribution is 2.32. The topological polar surface area (TPSA) is 47.6 Å². The van der Waals surface area contributed by atoms with Crippen molar-refractivity contribution >= 4 is 40.7 Å². The van der Waals surface area contributed by atoms with Crippen LogP contribution in [0.5, 0.6) is 11.5 Å². The molecule has 0 heterocycles. The van der Waals surface area contributed by atoms with Crippen LogP contribution in [0.2, 0.25) is 0 Å². The highest BCUT2D eigenvalue weighted by molar-refractivity contribution is 6.68. The molecule has 0 fully saturated rings. The lowest BCUT2D eigenvalue weighted by Gasteiger charge is -2.26. The van der Waals surface area contributed by atoms with Crippen molar-refractivity contribution in [3.8, 4) is 11.5 Å². The van der Waals surface area contributed by atoms with E-state index in [-0.39, 0.29) is 12.3 Å². The van der Waals surface area contributed by atoms with Gasteiger partial charge in [-0.1, -0.05) is 65.1 Å². The summed E-state index contributed by atoms with van der Waals surface area (Å²) in [7, 11) is 1.56. The first kappa shape index (κ1) is 18.7. The number of amides is 1. The van der Waals surface area contributed by atoms with Crippen LogP contribution in [0.1, 0.15) is 5.56 Å². The zero-order chi connectivity index (χ0) is 17.6. The molecule has 1 N–H and O–H groups in total. The van der Waals surface area contributed by atoms with Gasteiger partial charge < -0.3 is 14.8 Å². The predicted octanol–water partition coefficient (Wildman–Crippen LogP) is 4.13. The summed E-state index contributed by atoms with van der Waals surface area (Å²) in [5.41, 5.74) is 0.850. The molecule has 0 saturated heterocycles. The Morgan fingerprint density at radius 2 is 1.62 bits per heavy atom. The van der Waals surface area contributed by atoms with Crippen molar-refractivity contribution < 1.29 is 14.3 Å². The summed E-state index contributed by atoms with van der Waals surface area (Å²) >= 11 is 17.8. The molecular formula is C17H16Cl3NO3. The third-order valence-corrected chi connectivity index (χ3v) is 3.70. The third kappa shape index (κ3) is 5.78. The summed E-state index contributed by atoms with van der Waals surface area (Å²) in [5, 5.41) is 2.59. The number of alkyl halides is 3. The second-order valence-electron chi connectivity index (χ2n) is 4.94. The second kappa shape index (κ2) is 8.47. The standard InChI is InChI=1S/C17H16Cl3NO3/c1-23-13-7-9-14(10-8-13)24-16(17(18,19)20)21-15(22)11-12-5-3-2-4-6-12/h2-10,16H,11H2,1H3,(H,21,22). The Bertz CT molecular complexity index is 657. The van der Waals surface area contributed by atoms with Gasteiger partial charge in [-0.25, -0.2) is 0 Å². The summed E-state index contributed by atoms with van der Waals surface area (Å²) in [4.78, 5) is 12.2. The first-order valence-electron chi connectivity index (χ1n) is 7.09. The van der Waals surface area contributed by atoms with Crippen LogP contribution < -0.4 is 14.8 Å². The number of rotatable bonds is 6. The molecule has 0 spiro atoms. The van der Waals surface area contributed by atoms with Crippen molar-refractivity contribution in [2.24, 2.45) is 0 Å². The number of hydrogen-bond acceptors (Lipinski definition) is 3. The Kier molecular flexibility index (Phi) is 6.60. The van der Waals surface area contributed by atoms with Crippen molar-refractivity contribution in [3.63, 3.8) is 0 Å². The highest BCUT2D eigenvalue weighted by Gasteiger charge is 2.36. The molecule has 1 atom stereocenters. The van der Waals surface area contributed by atoms with Crippen LogP contribution in [0.25, 0.3) is 0 Å². The molecule has 2 aromatic rings. The molecule has 0 aliphatic carbocycles. The quantitative estimate of drug-likeness (QED) is 0.598. The van der Waals surface area contributed by atoms with Crippen LogP contribution in [0, 0.1) is 0 Å². The maximum absolute atomic E-state index is 12.2. The first-order chi connectivity index (χ1) is 11.4. The lowest BCUT2D eigenvalue weighted by molar-refractivity contribution is -0.122. The van der Waals surface area contributed by atoms with Gasteiger partial charge in [-0.3, -0.25) is 4.79 Å². The minimum atomic E-state index is -1.83. The molecular weight excluding hydrogens is 373 g/mol. The van der Waals surface area contributed by atoms with Gasteiger partial charge in [-0.15, -0.1) is 0 Å². The van der Waals surface area contributed by atoms with Crippen LogP contribution in [0.15, 0.2) is 54.6 Å². The maximum atomic E-state index is 12.2. The lowest BCUT2D eigenvalue weighted by Crippen LogP contribution is -2.48. The Hall–Kier alpha value is -1.62. The van der Waals surface area contributed by atoms with Gasteiger partial charge in [0.2, 0.25) is 15.9 Å². The van der Waals surface area contributed by atoms with Gasteiger partial charge in [0.1, 0.15) is 11.5 Å². The van der Waals surface area contributed by atoms with E-state index < -0.39 is 10.0 Å². The van der Waals surface area contributed by atoms with Crippen LogP contribution in [-0.4, -0.2) is 23.0 Å². The Labute approximate surface area is 155 Å². The molecule has 0 aliphatic heterocycles. The van der Waals surface area contributed by atoms with Crippen LogP contribution in [0.3, 0.4) is 0 Å². The number of hydrogen-bond donors (Lipinski definition) is 1. The maximum Gasteiger partial charge on any atom is 0.246 e. The SMILES string of the molecule is COc1ccc(OC(NC(=O)Cc2ccccc2)C(Cl)(Cl)Cl)cc1. The van der Waals surface area contributed by atoms with Gasteiger partial charge in [0.25, 0.3) is 0 Å². The molecule has 0 radical (unpaired) electrons. The number of carbonyl (C=O) groups is 1. The Balaban J connectivity index is 2.03. The van der Waals surface area contributed by atoms with Crippen LogP contribution in [0.4, 0.5) is 0 Å². The predicted molar refractivity (Wildman–Crippen MR) is 96.0 cm³/mol. The normalized spacial score (nSPS) is 12.3. The monoisotopic (exact) mass is 387 g/mol. The molecule has 2 aromatic carbocycles. The minimum Gasteiger partial charge on any atom is -0.497 e. The molecule has 0 bridgehead atoms. The summed E-state index contributed by atoms with van der Waals surface area (Å²) in [5.74, 6) is 0.791. The fourth-order valence-corrected chi connectivity index (χ4v) is 2.24. The van der Waals surface area contributed by atoms with E-state index in [1.807, 2.05) is 30.3 Å². The fraction of sp³-hybridized carbons (Fsp3) is 0.235. The minimum absolute atomic E-state index is 0.157. The van der Waals surface area contributed by atoms with Gasteiger partial charge in [0, 0.05) is 0 Å². The average molecular weight is 389 g/mol. The van der Waals surface area contributed by atoms with E-state index in [1.165, 1.54) is 0 Å². The zero-order valence-electron chi connectivity index (χ0n) is 12.8. The molecule has 4 nitrogen and oxygen atoms in total. The molecule has 1 amide bonds. The van der Waals surface area contributed by atoms with E-state index in [1.54, 1.807) is 31.4 Å². The fourth-order valence-electron chi connectivity index (χ4n) is 1.95. The summed E-state index contributed by atoms with van der Waals surface area (Å²) < 4.78 is 8.85. The summed E-state index contributed by atoms with van der Waals surface area (Å²) in [6, 6.07) is 16.0. The van der Waals surface area contributed by atoms with Crippen molar-refractivity contribution in [1.82, 2.24) is 5.32 Å². The molecule has 7 heteroatoms. The van der Waals surface area contributed by atoms with Gasteiger partial charge in [-0.2, -0.15) is 0 Å². The number of halogens is 3. The van der Waals surface area contributed by atoms with E-state index in [9.17, 15) is 4.79 Å². The Morgan fingerprint density at radius 3 is 2.17 bits per heavy atom. The smallest absolute Gasteiger partial charge is 0.246 e. The molecule has 0 aliphatic rings. The number of nitrogens with one attached hydrogen (secondary N) is 1. The molecule has 128 valence electrons. The van der Waals surface area contributed by atoms with Crippen molar-refractivity contribution in [3.05, 3.63) is 60.2 Å². The van der Waals surface area contributed by atoms with E-state index in [0.29, 0.717) is 11.5 Å². The van der Waals surface area contributed by atoms with E-state index in [2.05, 4.69) is 5.32 Å². The van der Waals surface area contributed by atoms with Crippen molar-refractivity contribution in [1.29, 1.82) is 0 Å². The number of methoxy groups -OCH3 is 1. The summed E-state index contributed by atoms with van der Waals surface area (Å²) in [6.07, 6.45) is -0.976. The van der Waals surface area contributed by atoms with Gasteiger partial charge in [-0.05, 0) is 29.8 Å². The zero-order valence-corrected chi connectivity index (χ0v) is 15.1. The lowest BCUT2D eigenvalue weighted by atomic mass is 10.1. The Morgan fingerprint density at radius 1 is 1.04 bits per heavy atom. The van der Waals surface area contributed by atoms with E-state index in [0.717, 1.165) is 5.56 Å².